The van der Waals surface area contributed by atoms with Crippen molar-refractivity contribution in [1.82, 2.24) is 10.6 Å². The number of hydrogen-bond donors (Lipinski definition) is 2. The van der Waals surface area contributed by atoms with Crippen molar-refractivity contribution in [2.45, 2.75) is 53.9 Å². The van der Waals surface area contributed by atoms with Crippen LogP contribution < -0.4 is 10.6 Å². The van der Waals surface area contributed by atoms with Gasteiger partial charge in [-0.1, -0.05) is 34.6 Å². The molecule has 22 heavy (non-hydrogen) atoms. The van der Waals surface area contributed by atoms with Crippen LogP contribution in [-0.4, -0.2) is 44.5 Å². The Morgan fingerprint density at radius 3 is 2.32 bits per heavy atom. The van der Waals surface area contributed by atoms with Crippen molar-refractivity contribution < 1.29 is 14.3 Å². The Morgan fingerprint density at radius 2 is 1.73 bits per heavy atom. The van der Waals surface area contributed by atoms with E-state index in [1.807, 2.05) is 20.8 Å². The molecule has 5 nitrogen and oxygen atoms in total. The van der Waals surface area contributed by atoms with Gasteiger partial charge in [0.05, 0.1) is 19.8 Å². The molecule has 0 saturated heterocycles. The Hall–Kier alpha value is -0.940. The quantitative estimate of drug-likeness (QED) is 0.542. The molecule has 0 bridgehead atoms. The molecule has 130 valence electrons. The van der Waals surface area contributed by atoms with Crippen LogP contribution in [0.3, 0.4) is 0 Å². The predicted octanol–water partition coefficient (Wildman–Crippen LogP) is 2.15. The lowest BCUT2D eigenvalue weighted by molar-refractivity contribution is -0.123. The van der Waals surface area contributed by atoms with Crippen LogP contribution in [0.5, 0.6) is 0 Å². The highest BCUT2D eigenvalue weighted by atomic mass is 16.5. The fourth-order valence-electron chi connectivity index (χ4n) is 1.82. The first-order valence-electron chi connectivity index (χ1n) is 8.27. The van der Waals surface area contributed by atoms with Gasteiger partial charge in [0.15, 0.2) is 0 Å². The molecule has 0 aromatic rings. The Labute approximate surface area is 135 Å². The van der Waals surface area contributed by atoms with E-state index in [-0.39, 0.29) is 17.1 Å². The van der Waals surface area contributed by atoms with Crippen LogP contribution >= 0.6 is 0 Å². The van der Waals surface area contributed by atoms with Gasteiger partial charge in [0, 0.05) is 25.9 Å². The number of carbonyl (C=O) groups is 2. The first-order valence-corrected chi connectivity index (χ1v) is 8.27. The molecule has 0 saturated carbocycles. The van der Waals surface area contributed by atoms with Crippen LogP contribution in [0.25, 0.3) is 0 Å². The predicted molar refractivity (Wildman–Crippen MR) is 89.8 cm³/mol. The molecule has 0 rings (SSSR count). The first kappa shape index (κ1) is 21.1. The molecule has 0 unspecified atom stereocenters. The van der Waals surface area contributed by atoms with Gasteiger partial charge in [0.25, 0.3) is 0 Å². The maximum atomic E-state index is 11.6. The van der Waals surface area contributed by atoms with Crippen LogP contribution in [-0.2, 0) is 14.3 Å². The number of ketones is 1. The van der Waals surface area contributed by atoms with Gasteiger partial charge in [-0.3, -0.25) is 9.59 Å². The third-order valence-electron chi connectivity index (χ3n) is 3.01. The minimum Gasteiger partial charge on any atom is -0.378 e. The van der Waals surface area contributed by atoms with Crippen molar-refractivity contribution in [3.63, 3.8) is 0 Å². The van der Waals surface area contributed by atoms with Crippen LogP contribution in [0.1, 0.15) is 53.9 Å². The van der Waals surface area contributed by atoms with Crippen molar-refractivity contribution in [3.8, 4) is 0 Å². The van der Waals surface area contributed by atoms with Crippen LogP contribution in [0.15, 0.2) is 0 Å². The summed E-state index contributed by atoms with van der Waals surface area (Å²) in [6.07, 6.45) is 2.11. The van der Waals surface area contributed by atoms with Crippen LogP contribution in [0.4, 0.5) is 0 Å². The normalized spacial score (nSPS) is 11.7. The molecule has 0 aliphatic heterocycles. The largest absolute Gasteiger partial charge is 0.378 e. The van der Waals surface area contributed by atoms with E-state index in [1.54, 1.807) is 0 Å². The van der Waals surface area contributed by atoms with Gasteiger partial charge in [-0.2, -0.15) is 0 Å². The van der Waals surface area contributed by atoms with E-state index < -0.39 is 0 Å². The molecular weight excluding hydrogens is 280 g/mol. The van der Waals surface area contributed by atoms with Crippen molar-refractivity contribution in [3.05, 3.63) is 0 Å². The van der Waals surface area contributed by atoms with Crippen molar-refractivity contribution >= 4 is 11.7 Å². The Morgan fingerprint density at radius 1 is 1.09 bits per heavy atom. The fourth-order valence-corrected chi connectivity index (χ4v) is 1.82. The second-order valence-corrected chi connectivity index (χ2v) is 7.35. The molecule has 0 aromatic heterocycles. The molecule has 1 amide bonds. The lowest BCUT2D eigenvalue weighted by Gasteiger charge is -2.17. The minimum atomic E-state index is 0.0109. The molecule has 0 heterocycles. The number of rotatable bonds is 12. The fraction of sp³-hybridized carbons (Fsp3) is 0.882. The molecule has 0 radical (unpaired) electrons. The molecule has 0 aliphatic rings. The molecule has 0 aliphatic carbocycles. The smallest absolute Gasteiger partial charge is 0.220 e. The maximum absolute atomic E-state index is 11.6. The zero-order valence-corrected chi connectivity index (χ0v) is 15.0. The summed E-state index contributed by atoms with van der Waals surface area (Å²) in [4.78, 5) is 23.1. The number of amides is 1. The average Bonchev–Trinajstić information content (AvgIpc) is 2.37. The molecule has 0 spiro atoms. The SMILES string of the molecule is CC(C)CCC(=O)CNCCOCCNC(=O)CC(C)(C)C. The van der Waals surface area contributed by atoms with Gasteiger partial charge in [-0.25, -0.2) is 0 Å². The van der Waals surface area contributed by atoms with Crippen LogP contribution in [0.2, 0.25) is 0 Å². The van der Waals surface area contributed by atoms with E-state index in [1.165, 1.54) is 0 Å². The molecular formula is C17H34N2O3. The molecule has 0 atom stereocenters. The van der Waals surface area contributed by atoms with E-state index in [9.17, 15) is 9.59 Å². The van der Waals surface area contributed by atoms with E-state index in [0.717, 1.165) is 6.42 Å². The second-order valence-electron chi connectivity index (χ2n) is 7.35. The summed E-state index contributed by atoms with van der Waals surface area (Å²) in [5.41, 5.74) is 0.0109. The van der Waals surface area contributed by atoms with Gasteiger partial charge in [-0.15, -0.1) is 0 Å². The van der Waals surface area contributed by atoms with Crippen molar-refractivity contribution in [1.29, 1.82) is 0 Å². The third kappa shape index (κ3) is 15.4. The van der Waals surface area contributed by atoms with E-state index in [0.29, 0.717) is 51.6 Å². The standard InChI is InChI=1S/C17H34N2O3/c1-14(2)6-7-15(20)13-18-8-10-22-11-9-19-16(21)12-17(3,4)5/h14,18H,6-13H2,1-5H3,(H,19,21). The Balaban J connectivity index is 3.37. The lowest BCUT2D eigenvalue weighted by atomic mass is 9.92. The van der Waals surface area contributed by atoms with Crippen molar-refractivity contribution in [2.24, 2.45) is 11.3 Å². The number of ether oxygens (including phenoxy) is 1. The zero-order valence-electron chi connectivity index (χ0n) is 15.0. The summed E-state index contributed by atoms with van der Waals surface area (Å²) in [5.74, 6) is 0.883. The highest BCUT2D eigenvalue weighted by Gasteiger charge is 2.15. The molecule has 0 aromatic carbocycles. The number of Topliss-reactive ketones (excluding diaryl/α,β-unsaturated/α-hetero) is 1. The number of hydrogen-bond acceptors (Lipinski definition) is 4. The van der Waals surface area contributed by atoms with E-state index in [2.05, 4.69) is 24.5 Å². The van der Waals surface area contributed by atoms with Gasteiger partial charge >= 0.3 is 0 Å². The summed E-state index contributed by atoms with van der Waals surface area (Å²) < 4.78 is 5.41. The Kier molecular flexibility index (Phi) is 11.1. The van der Waals surface area contributed by atoms with Gasteiger partial charge in [0.2, 0.25) is 5.91 Å². The first-order chi connectivity index (χ1) is 10.2. The minimum absolute atomic E-state index is 0.0109. The van der Waals surface area contributed by atoms with E-state index >= 15 is 0 Å². The van der Waals surface area contributed by atoms with Gasteiger partial charge < -0.3 is 15.4 Å². The summed E-state index contributed by atoms with van der Waals surface area (Å²) >= 11 is 0. The zero-order chi connectivity index (χ0) is 17.0. The molecule has 0 fully saturated rings. The number of carbonyl (C=O) groups excluding carboxylic acids is 2. The van der Waals surface area contributed by atoms with Gasteiger partial charge in [0.1, 0.15) is 5.78 Å². The summed E-state index contributed by atoms with van der Waals surface area (Å²) in [7, 11) is 0. The number of nitrogens with one attached hydrogen (secondary N) is 2. The summed E-state index contributed by atoms with van der Waals surface area (Å²) in [6, 6.07) is 0. The monoisotopic (exact) mass is 314 g/mol. The van der Waals surface area contributed by atoms with Gasteiger partial charge in [-0.05, 0) is 17.8 Å². The summed E-state index contributed by atoms with van der Waals surface area (Å²) in [6.45, 7) is 13.0. The highest BCUT2D eigenvalue weighted by Crippen LogP contribution is 2.17. The molecule has 5 heteroatoms. The van der Waals surface area contributed by atoms with E-state index in [4.69, 9.17) is 4.74 Å². The molecule has 2 N–H and O–H groups in total. The lowest BCUT2D eigenvalue weighted by Crippen LogP contribution is -2.31. The maximum Gasteiger partial charge on any atom is 0.220 e. The average molecular weight is 314 g/mol. The Bertz CT molecular complexity index is 322. The third-order valence-corrected chi connectivity index (χ3v) is 3.01. The highest BCUT2D eigenvalue weighted by molar-refractivity contribution is 5.80. The topological polar surface area (TPSA) is 67.4 Å². The second kappa shape index (κ2) is 11.6. The summed E-state index contributed by atoms with van der Waals surface area (Å²) in [5, 5.41) is 5.91. The van der Waals surface area contributed by atoms with Crippen molar-refractivity contribution in [2.75, 3.05) is 32.8 Å². The van der Waals surface area contributed by atoms with Crippen LogP contribution in [0, 0.1) is 11.3 Å².